The highest BCUT2D eigenvalue weighted by molar-refractivity contribution is 6.18. The van der Waals surface area contributed by atoms with E-state index in [2.05, 4.69) is 228 Å². The molecule has 0 fully saturated rings. The van der Waals surface area contributed by atoms with E-state index in [4.69, 9.17) is 0 Å². The van der Waals surface area contributed by atoms with Gasteiger partial charge in [0.2, 0.25) is 0 Å². The van der Waals surface area contributed by atoms with Crippen molar-refractivity contribution in [2.45, 2.75) is 19.3 Å². The number of hydrogen-bond donors (Lipinski definition) is 0. The predicted octanol–water partition coefficient (Wildman–Crippen LogP) is 14.2. The van der Waals surface area contributed by atoms with Gasteiger partial charge in [-0.15, -0.1) is 0 Å². The van der Waals surface area contributed by atoms with Crippen LogP contribution >= 0.6 is 0 Å². The second-order valence-corrected chi connectivity index (χ2v) is 15.4. The molecule has 0 aliphatic carbocycles. The highest BCUT2D eigenvalue weighted by Gasteiger charge is 2.36. The van der Waals surface area contributed by atoms with Gasteiger partial charge in [0, 0.05) is 44.8 Å². The first kappa shape index (κ1) is 32.3. The van der Waals surface area contributed by atoms with E-state index in [1.165, 1.54) is 77.5 Å². The van der Waals surface area contributed by atoms with Gasteiger partial charge in [-0.3, -0.25) is 0 Å². The topological polar surface area (TPSA) is 13.1 Å². The van der Waals surface area contributed by atoms with Gasteiger partial charge >= 0.3 is 0 Å². The third kappa shape index (κ3) is 4.91. The molecule has 3 heteroatoms. The van der Waals surface area contributed by atoms with Gasteiger partial charge in [-0.25, -0.2) is 0 Å². The molecule has 2 aromatic heterocycles. The Morgan fingerprint density at radius 1 is 0.375 bits per heavy atom. The van der Waals surface area contributed by atoms with Crippen molar-refractivity contribution < 1.29 is 0 Å². The quantitative estimate of drug-likeness (QED) is 0.173. The first-order chi connectivity index (χ1) is 27.5. The highest BCUT2D eigenvalue weighted by Crippen LogP contribution is 2.52. The molecule has 0 saturated heterocycles. The van der Waals surface area contributed by atoms with Crippen molar-refractivity contribution in [2.75, 3.05) is 4.90 Å². The molecule has 0 radical (unpaired) electrons. The van der Waals surface area contributed by atoms with Gasteiger partial charge in [0.25, 0.3) is 0 Å². The molecule has 3 heterocycles. The minimum absolute atomic E-state index is 0.116. The zero-order chi connectivity index (χ0) is 37.4. The lowest BCUT2D eigenvalue weighted by molar-refractivity contribution is 0.632. The molecule has 0 spiro atoms. The van der Waals surface area contributed by atoms with E-state index in [0.717, 1.165) is 17.1 Å². The van der Waals surface area contributed by atoms with Gasteiger partial charge in [0.15, 0.2) is 0 Å². The number of para-hydroxylation sites is 3. The van der Waals surface area contributed by atoms with Crippen LogP contribution in [0.2, 0.25) is 0 Å². The van der Waals surface area contributed by atoms with Crippen molar-refractivity contribution in [3.05, 3.63) is 211 Å². The molecular weight excluding hydrogens is 679 g/mol. The van der Waals surface area contributed by atoms with Crippen molar-refractivity contribution in [1.82, 2.24) is 9.13 Å². The summed E-state index contributed by atoms with van der Waals surface area (Å²) in [5.74, 6) is 0. The van der Waals surface area contributed by atoms with E-state index in [-0.39, 0.29) is 5.41 Å². The van der Waals surface area contributed by atoms with Crippen LogP contribution in [-0.2, 0) is 5.41 Å². The van der Waals surface area contributed by atoms with Crippen LogP contribution < -0.4 is 4.90 Å². The fourth-order valence-corrected chi connectivity index (χ4v) is 9.23. The zero-order valence-corrected chi connectivity index (χ0v) is 31.4. The second kappa shape index (κ2) is 12.5. The second-order valence-electron chi connectivity index (χ2n) is 15.4. The Morgan fingerprint density at radius 2 is 0.964 bits per heavy atom. The number of anilines is 3. The molecule has 0 unspecified atom stereocenters. The van der Waals surface area contributed by atoms with E-state index < -0.39 is 0 Å². The highest BCUT2D eigenvalue weighted by atomic mass is 15.2. The maximum absolute atomic E-state index is 2.47. The molecule has 56 heavy (non-hydrogen) atoms. The molecule has 0 bridgehead atoms. The average Bonchev–Trinajstić information content (AvgIpc) is 3.84. The van der Waals surface area contributed by atoms with E-state index >= 15 is 0 Å². The van der Waals surface area contributed by atoms with E-state index in [0.29, 0.717) is 0 Å². The molecular formula is C53H39N3. The smallest absolute Gasteiger partial charge is 0.0635 e. The summed E-state index contributed by atoms with van der Waals surface area (Å²) in [6, 6.07) is 70.9. The molecule has 10 aromatic rings. The van der Waals surface area contributed by atoms with Crippen molar-refractivity contribution in [3.8, 4) is 33.6 Å². The summed E-state index contributed by atoms with van der Waals surface area (Å²) in [5.41, 5.74) is 16.8. The summed E-state index contributed by atoms with van der Waals surface area (Å²) >= 11 is 0. The van der Waals surface area contributed by atoms with Crippen LogP contribution in [0.5, 0.6) is 0 Å². The van der Waals surface area contributed by atoms with Gasteiger partial charge in [-0.1, -0.05) is 141 Å². The minimum Gasteiger partial charge on any atom is -0.316 e. The maximum atomic E-state index is 2.47. The third-order valence-electron chi connectivity index (χ3n) is 11.9. The number of fused-ring (bicyclic) bond motifs is 7. The largest absolute Gasteiger partial charge is 0.316 e. The Morgan fingerprint density at radius 3 is 1.64 bits per heavy atom. The van der Waals surface area contributed by atoms with Crippen molar-refractivity contribution in [3.63, 3.8) is 0 Å². The lowest BCUT2D eigenvalue weighted by Crippen LogP contribution is -2.30. The van der Waals surface area contributed by atoms with Gasteiger partial charge in [0.1, 0.15) is 0 Å². The van der Waals surface area contributed by atoms with Crippen LogP contribution in [0.25, 0.3) is 66.3 Å². The van der Waals surface area contributed by atoms with Crippen LogP contribution in [0.4, 0.5) is 17.1 Å². The molecule has 0 N–H and O–H groups in total. The molecule has 0 atom stereocenters. The van der Waals surface area contributed by atoms with Crippen molar-refractivity contribution in [1.29, 1.82) is 0 Å². The molecule has 3 nitrogen and oxygen atoms in total. The van der Waals surface area contributed by atoms with E-state index in [9.17, 15) is 0 Å². The van der Waals surface area contributed by atoms with Crippen LogP contribution in [0.15, 0.2) is 200 Å². The Hall–Kier alpha value is -7.10. The Kier molecular flexibility index (Phi) is 7.20. The fraction of sp³-hybridized carbons (Fsp3) is 0.0566. The number of aromatic nitrogens is 2. The number of hydrogen-bond acceptors (Lipinski definition) is 1. The van der Waals surface area contributed by atoms with Crippen molar-refractivity contribution >= 4 is 49.8 Å². The molecule has 0 saturated carbocycles. The predicted molar refractivity (Wildman–Crippen MR) is 235 cm³/mol. The van der Waals surface area contributed by atoms with Crippen molar-refractivity contribution in [2.24, 2.45) is 0 Å². The van der Waals surface area contributed by atoms with Gasteiger partial charge < -0.3 is 14.0 Å². The minimum atomic E-state index is -0.116. The third-order valence-corrected chi connectivity index (χ3v) is 11.9. The number of benzene rings is 8. The summed E-state index contributed by atoms with van der Waals surface area (Å²) in [4.78, 5) is 2.45. The average molecular weight is 718 g/mol. The molecule has 1 aliphatic heterocycles. The maximum Gasteiger partial charge on any atom is 0.0635 e. The Balaban J connectivity index is 1.13. The lowest BCUT2D eigenvalue weighted by atomic mass is 9.73. The molecule has 0 amide bonds. The first-order valence-corrected chi connectivity index (χ1v) is 19.4. The SMILES string of the molecule is CC1(C)c2ccccc2N(c2cccc(-n3c4ccccc4c4ccc5c(ccn5-c5cc(-c6ccccc6)cc(-c6ccccc6)c5)c43)c2)c2ccccc21. The summed E-state index contributed by atoms with van der Waals surface area (Å²) in [5, 5.41) is 3.70. The van der Waals surface area contributed by atoms with Gasteiger partial charge in [-0.05, 0) is 100 Å². The molecule has 11 rings (SSSR count). The van der Waals surface area contributed by atoms with Crippen LogP contribution in [0.1, 0.15) is 25.0 Å². The van der Waals surface area contributed by atoms with E-state index in [1.807, 2.05) is 0 Å². The Labute approximate surface area is 327 Å². The van der Waals surface area contributed by atoms with Gasteiger partial charge in [0.05, 0.1) is 27.9 Å². The van der Waals surface area contributed by atoms with Crippen LogP contribution in [0.3, 0.4) is 0 Å². The first-order valence-electron chi connectivity index (χ1n) is 19.4. The van der Waals surface area contributed by atoms with Crippen LogP contribution in [0, 0.1) is 0 Å². The van der Waals surface area contributed by atoms with E-state index in [1.54, 1.807) is 0 Å². The van der Waals surface area contributed by atoms with Gasteiger partial charge in [-0.2, -0.15) is 0 Å². The fourth-order valence-electron chi connectivity index (χ4n) is 9.23. The summed E-state index contributed by atoms with van der Waals surface area (Å²) in [7, 11) is 0. The zero-order valence-electron chi connectivity index (χ0n) is 31.4. The summed E-state index contributed by atoms with van der Waals surface area (Å²) in [6.45, 7) is 4.68. The van der Waals surface area contributed by atoms with Crippen LogP contribution in [-0.4, -0.2) is 9.13 Å². The number of nitrogens with zero attached hydrogens (tertiary/aromatic N) is 3. The summed E-state index contributed by atoms with van der Waals surface area (Å²) < 4.78 is 4.83. The molecule has 266 valence electrons. The standard InChI is InChI=1S/C53H39N3/c1-53(2)46-23-10-13-26-50(46)55(51-27-14-11-24-47(51)53)40-20-15-21-41(35-40)56-49-25-12-9-22-43(49)44-28-29-48-45(52(44)56)30-31-54(48)42-33-38(36-16-5-3-6-17-36)32-39(34-42)37-18-7-4-8-19-37/h3-35H,1-2H3. The normalized spacial score (nSPS) is 13.3. The molecule has 8 aromatic carbocycles. The monoisotopic (exact) mass is 717 g/mol. The molecule has 1 aliphatic rings. The lowest BCUT2D eigenvalue weighted by Gasteiger charge is -2.42. The number of rotatable bonds is 5. The summed E-state index contributed by atoms with van der Waals surface area (Å²) in [6.07, 6.45) is 2.24. The Bertz CT molecular complexity index is 3000.